The van der Waals surface area contributed by atoms with Crippen molar-refractivity contribution in [3.8, 4) is 0 Å². The summed E-state index contributed by atoms with van der Waals surface area (Å²) in [6.45, 7) is 0.894. The van der Waals surface area contributed by atoms with Crippen LogP contribution in [0.2, 0.25) is 0 Å². The molecule has 1 saturated heterocycles. The second-order valence-corrected chi connectivity index (χ2v) is 7.55. The van der Waals surface area contributed by atoms with E-state index in [4.69, 9.17) is 37.8 Å². The molecule has 0 radical (unpaired) electrons. The minimum absolute atomic E-state index is 0.0110. The molecule has 168 valence electrons. The summed E-state index contributed by atoms with van der Waals surface area (Å²) >= 11 is 11.9. The van der Waals surface area contributed by atoms with E-state index in [1.165, 1.54) is 6.92 Å². The summed E-state index contributed by atoms with van der Waals surface area (Å²) in [5, 5.41) is 8.57. The lowest BCUT2D eigenvalue weighted by Gasteiger charge is -2.48. The summed E-state index contributed by atoms with van der Waals surface area (Å²) in [7, 11) is 1.12. The van der Waals surface area contributed by atoms with Crippen LogP contribution < -0.4 is 0 Å². The van der Waals surface area contributed by atoms with E-state index >= 15 is 0 Å². The number of methoxy groups -OCH3 is 1. The smallest absolute Gasteiger partial charge is 0.480 e. The Balaban J connectivity index is 2.06. The van der Waals surface area contributed by atoms with Crippen molar-refractivity contribution in [1.29, 1.82) is 0 Å². The lowest BCUT2D eigenvalue weighted by Crippen LogP contribution is -2.65. The molecule has 0 aliphatic carbocycles. The van der Waals surface area contributed by atoms with Crippen molar-refractivity contribution in [3.63, 3.8) is 0 Å². The molecular weight excluding hydrogens is 453 g/mol. The fourth-order valence-electron chi connectivity index (χ4n) is 3.17. The number of carbonyl (C=O) groups excluding carboxylic acids is 3. The van der Waals surface area contributed by atoms with E-state index in [1.807, 2.05) is 6.07 Å². The Morgan fingerprint density at radius 1 is 1.19 bits per heavy atom. The van der Waals surface area contributed by atoms with Crippen LogP contribution >= 0.6 is 23.2 Å². The summed E-state index contributed by atoms with van der Waals surface area (Å²) in [6, 6.07) is 8.18. The number of aliphatic carboxylic acids is 1. The number of amides is 1. The van der Waals surface area contributed by atoms with E-state index in [2.05, 4.69) is 4.74 Å². The number of ether oxygens (including phenoxy) is 3. The maximum atomic E-state index is 12.5. The van der Waals surface area contributed by atoms with Crippen LogP contribution in [-0.4, -0.2) is 59.8 Å². The number of hydrogen-bond donors (Lipinski definition) is 1. The van der Waals surface area contributed by atoms with Gasteiger partial charge in [0, 0.05) is 11.5 Å². The Labute approximate surface area is 188 Å². The van der Waals surface area contributed by atoms with Crippen LogP contribution in [0, 0.1) is 5.92 Å². The van der Waals surface area contributed by atoms with Crippen LogP contribution in [0.15, 0.2) is 40.4 Å². The molecule has 2 rings (SSSR count). The monoisotopic (exact) mass is 473 g/mol. The van der Waals surface area contributed by atoms with E-state index in [0.29, 0.717) is 0 Å². The highest BCUT2D eigenvalue weighted by Gasteiger charge is 2.52. The Morgan fingerprint density at radius 2 is 1.84 bits per heavy atom. The Morgan fingerprint density at radius 3 is 2.42 bits per heavy atom. The molecule has 0 aromatic heterocycles. The third-order valence-electron chi connectivity index (χ3n) is 4.67. The van der Waals surface area contributed by atoms with Gasteiger partial charge in [-0.1, -0.05) is 53.5 Å². The largest absolute Gasteiger partial charge is 0.508 e. The SMILES string of the molecule is COC(=O)C(Cl)=C(Cl)CC1C(C(C)OC(=O)OCc2ccccc2)C(=O)N1CC(=O)O. The van der Waals surface area contributed by atoms with Gasteiger partial charge in [-0.15, -0.1) is 0 Å². The maximum Gasteiger partial charge on any atom is 0.508 e. The quantitative estimate of drug-likeness (QED) is 0.330. The minimum Gasteiger partial charge on any atom is -0.480 e. The van der Waals surface area contributed by atoms with Crippen molar-refractivity contribution in [2.75, 3.05) is 13.7 Å². The van der Waals surface area contributed by atoms with Gasteiger partial charge >= 0.3 is 18.1 Å². The Kier molecular flexibility index (Phi) is 8.70. The molecule has 1 amide bonds. The Bertz CT molecular complexity index is 873. The zero-order chi connectivity index (χ0) is 23.1. The highest BCUT2D eigenvalue weighted by Crippen LogP contribution is 2.37. The summed E-state index contributed by atoms with van der Waals surface area (Å²) in [5.41, 5.74) is 0.756. The zero-order valence-electron chi connectivity index (χ0n) is 16.7. The molecule has 0 saturated carbocycles. The second-order valence-electron chi connectivity index (χ2n) is 6.71. The average Bonchev–Trinajstić information content (AvgIpc) is 2.75. The molecule has 1 aliphatic heterocycles. The van der Waals surface area contributed by atoms with Gasteiger partial charge in [0.05, 0.1) is 19.1 Å². The van der Waals surface area contributed by atoms with Gasteiger partial charge in [0.1, 0.15) is 24.3 Å². The van der Waals surface area contributed by atoms with Crippen molar-refractivity contribution in [2.45, 2.75) is 32.1 Å². The number of likely N-dealkylation sites (tertiary alicyclic amines) is 1. The molecule has 1 fully saturated rings. The highest BCUT2D eigenvalue weighted by molar-refractivity contribution is 6.47. The van der Waals surface area contributed by atoms with Crippen molar-refractivity contribution < 1.29 is 38.5 Å². The fraction of sp³-hybridized carbons (Fsp3) is 0.400. The molecule has 1 aromatic carbocycles. The zero-order valence-corrected chi connectivity index (χ0v) is 18.3. The van der Waals surface area contributed by atoms with E-state index in [1.54, 1.807) is 24.3 Å². The summed E-state index contributed by atoms with van der Waals surface area (Å²) in [6.07, 6.45) is -2.03. The number of benzene rings is 1. The van der Waals surface area contributed by atoms with Gasteiger partial charge in [0.25, 0.3) is 0 Å². The number of carboxylic acid groups (broad SMARTS) is 1. The summed E-state index contributed by atoms with van der Waals surface area (Å²) in [4.78, 5) is 48.2. The number of halogens is 2. The number of β-lactam (4-membered cyclic amide) rings is 1. The van der Waals surface area contributed by atoms with Crippen LogP contribution in [0.3, 0.4) is 0 Å². The molecule has 3 atom stereocenters. The van der Waals surface area contributed by atoms with E-state index in [9.17, 15) is 19.2 Å². The van der Waals surface area contributed by atoms with Crippen molar-refractivity contribution in [2.24, 2.45) is 5.92 Å². The molecule has 1 N–H and O–H groups in total. The first-order chi connectivity index (χ1) is 14.6. The van der Waals surface area contributed by atoms with Gasteiger partial charge in [0.15, 0.2) is 0 Å². The first-order valence-electron chi connectivity index (χ1n) is 9.17. The lowest BCUT2D eigenvalue weighted by atomic mass is 9.81. The Hall–Kier alpha value is -2.78. The number of hydrogen-bond acceptors (Lipinski definition) is 7. The molecule has 11 heteroatoms. The molecule has 1 aromatic rings. The molecule has 1 heterocycles. The number of esters is 1. The first kappa shape index (κ1) is 24.5. The first-order valence-corrected chi connectivity index (χ1v) is 9.93. The van der Waals surface area contributed by atoms with Crippen molar-refractivity contribution in [3.05, 3.63) is 46.0 Å². The molecule has 3 unspecified atom stereocenters. The van der Waals surface area contributed by atoms with Crippen LogP contribution in [0.1, 0.15) is 18.9 Å². The predicted molar refractivity (Wildman–Crippen MR) is 109 cm³/mol. The minimum atomic E-state index is -1.23. The van der Waals surface area contributed by atoms with E-state index in [-0.39, 0.29) is 23.1 Å². The predicted octanol–water partition coefficient (Wildman–Crippen LogP) is 2.89. The number of carbonyl (C=O) groups is 4. The van der Waals surface area contributed by atoms with Gasteiger partial charge in [-0.25, -0.2) is 9.59 Å². The van der Waals surface area contributed by atoms with E-state index < -0.39 is 48.6 Å². The summed E-state index contributed by atoms with van der Waals surface area (Å²) in [5.74, 6) is -3.52. The number of nitrogens with zero attached hydrogens (tertiary/aromatic N) is 1. The van der Waals surface area contributed by atoms with Crippen molar-refractivity contribution >= 4 is 47.2 Å². The number of rotatable bonds is 9. The fourth-order valence-corrected chi connectivity index (χ4v) is 3.56. The van der Waals surface area contributed by atoms with Gasteiger partial charge in [0.2, 0.25) is 5.91 Å². The molecule has 1 aliphatic rings. The second kappa shape index (κ2) is 11.0. The van der Waals surface area contributed by atoms with Gasteiger partial charge < -0.3 is 24.2 Å². The normalized spacial score (nSPS) is 19.6. The van der Waals surface area contributed by atoms with Crippen LogP contribution in [0.4, 0.5) is 4.79 Å². The molecule has 0 spiro atoms. The molecular formula is C20H21Cl2NO8. The maximum absolute atomic E-state index is 12.5. The van der Waals surface area contributed by atoms with Gasteiger partial charge in [-0.05, 0) is 12.5 Å². The van der Waals surface area contributed by atoms with Crippen molar-refractivity contribution in [1.82, 2.24) is 4.90 Å². The average molecular weight is 474 g/mol. The van der Waals surface area contributed by atoms with Crippen LogP contribution in [-0.2, 0) is 35.2 Å². The third kappa shape index (κ3) is 6.35. The molecule has 31 heavy (non-hydrogen) atoms. The van der Waals surface area contributed by atoms with Gasteiger partial charge in [-0.3, -0.25) is 9.59 Å². The highest BCUT2D eigenvalue weighted by atomic mass is 35.5. The molecule has 0 bridgehead atoms. The standard InChI is InChI=1S/C20H21Cl2NO8/c1-11(31-20(28)30-10-12-6-4-3-5-7-12)16-14(23(18(16)26)9-15(24)25)8-13(21)17(22)19(27)29-2/h3-7,11,14,16H,8-10H2,1-2H3,(H,24,25). The number of carboxylic acids is 1. The van der Waals surface area contributed by atoms with E-state index in [0.717, 1.165) is 17.6 Å². The van der Waals surface area contributed by atoms with Crippen LogP contribution in [0.5, 0.6) is 0 Å². The topological polar surface area (TPSA) is 119 Å². The third-order valence-corrected chi connectivity index (χ3v) is 5.49. The van der Waals surface area contributed by atoms with Crippen LogP contribution in [0.25, 0.3) is 0 Å². The van der Waals surface area contributed by atoms with Gasteiger partial charge in [-0.2, -0.15) is 0 Å². The summed E-state index contributed by atoms with van der Waals surface area (Å²) < 4.78 is 14.7. The lowest BCUT2D eigenvalue weighted by molar-refractivity contribution is -0.170. The molecule has 9 nitrogen and oxygen atoms in total.